The molecule has 1 aromatic carbocycles. The van der Waals surface area contributed by atoms with Gasteiger partial charge in [-0.15, -0.1) is 0 Å². The lowest BCUT2D eigenvalue weighted by atomic mass is 9.96. The summed E-state index contributed by atoms with van der Waals surface area (Å²) in [5.41, 5.74) is 6.43. The molecule has 0 radical (unpaired) electrons. The van der Waals surface area contributed by atoms with Crippen molar-refractivity contribution >= 4 is 23.6 Å². The second kappa shape index (κ2) is 8.27. The highest BCUT2D eigenvalue weighted by atomic mass is 16.4. The summed E-state index contributed by atoms with van der Waals surface area (Å²) in [6.45, 7) is 0.976. The Morgan fingerprint density at radius 2 is 1.88 bits per heavy atom. The molecule has 8 nitrogen and oxygen atoms in total. The number of hydrogen-bond acceptors (Lipinski definition) is 4. The van der Waals surface area contributed by atoms with E-state index in [4.69, 9.17) is 16.2 Å². The molecule has 1 unspecified atom stereocenters. The predicted molar refractivity (Wildman–Crippen MR) is 91.3 cm³/mol. The summed E-state index contributed by atoms with van der Waals surface area (Å²) in [7, 11) is 0. The maximum absolute atomic E-state index is 12.6. The van der Waals surface area contributed by atoms with Crippen LogP contribution in [0.4, 0.5) is 0 Å². The van der Waals surface area contributed by atoms with Gasteiger partial charge in [-0.25, -0.2) is 0 Å². The van der Waals surface area contributed by atoms with Gasteiger partial charge in [-0.05, 0) is 25.0 Å². The second-order valence-corrected chi connectivity index (χ2v) is 6.02. The molecule has 1 aliphatic rings. The Morgan fingerprint density at radius 3 is 2.48 bits per heavy atom. The number of amidine groups is 1. The van der Waals surface area contributed by atoms with Gasteiger partial charge in [0.25, 0.3) is 5.91 Å². The van der Waals surface area contributed by atoms with Gasteiger partial charge in [0.15, 0.2) is 0 Å². The third-order valence-electron chi connectivity index (χ3n) is 4.16. The molecular weight excluding hydrogens is 324 g/mol. The van der Waals surface area contributed by atoms with E-state index in [9.17, 15) is 14.4 Å². The Balaban J connectivity index is 1.95. The summed E-state index contributed by atoms with van der Waals surface area (Å²) >= 11 is 0. The number of carboxylic acid groups (broad SMARTS) is 1. The molecule has 0 aromatic heterocycles. The summed E-state index contributed by atoms with van der Waals surface area (Å²) in [6, 6.07) is 6.48. The molecule has 1 heterocycles. The Kier molecular flexibility index (Phi) is 6.10. The molecule has 1 fully saturated rings. The maximum atomic E-state index is 12.6. The number of piperidine rings is 1. The Morgan fingerprint density at radius 1 is 1.24 bits per heavy atom. The number of nitrogen functional groups attached to an aromatic ring is 1. The summed E-state index contributed by atoms with van der Waals surface area (Å²) in [5, 5.41) is 18.6. The molecule has 2 amide bonds. The lowest BCUT2D eigenvalue weighted by Crippen LogP contribution is -2.45. The van der Waals surface area contributed by atoms with Crippen molar-refractivity contribution in [3.05, 3.63) is 35.4 Å². The molecule has 2 rings (SSSR count). The number of carbonyl (C=O) groups is 3. The van der Waals surface area contributed by atoms with Crippen molar-refractivity contribution < 1.29 is 19.5 Å². The zero-order valence-electron chi connectivity index (χ0n) is 13.8. The number of benzene rings is 1. The Bertz CT molecular complexity index is 672. The van der Waals surface area contributed by atoms with Crippen LogP contribution < -0.4 is 11.1 Å². The monoisotopic (exact) mass is 346 g/mol. The normalized spacial score (nSPS) is 17.0. The van der Waals surface area contributed by atoms with Gasteiger partial charge in [0.1, 0.15) is 5.84 Å². The smallest absolute Gasteiger partial charge is 0.305 e. The van der Waals surface area contributed by atoms with Crippen LogP contribution in [-0.2, 0) is 9.59 Å². The number of rotatable bonds is 6. The van der Waals surface area contributed by atoms with Crippen LogP contribution in [0.5, 0.6) is 0 Å². The molecule has 1 aromatic rings. The van der Waals surface area contributed by atoms with Crippen molar-refractivity contribution in [2.24, 2.45) is 11.7 Å². The molecule has 25 heavy (non-hydrogen) atoms. The van der Waals surface area contributed by atoms with E-state index in [0.717, 1.165) is 0 Å². The van der Waals surface area contributed by atoms with Crippen LogP contribution in [0.25, 0.3) is 0 Å². The first-order chi connectivity index (χ1) is 11.9. The van der Waals surface area contributed by atoms with Crippen LogP contribution >= 0.6 is 0 Å². The van der Waals surface area contributed by atoms with Gasteiger partial charge in [0.2, 0.25) is 5.91 Å². The highest BCUT2D eigenvalue weighted by Gasteiger charge is 2.28. The first kappa shape index (κ1) is 18.4. The average Bonchev–Trinajstić information content (AvgIpc) is 2.61. The minimum Gasteiger partial charge on any atom is -0.481 e. The number of likely N-dealkylation sites (tertiary alicyclic amines) is 1. The molecule has 134 valence electrons. The third-order valence-corrected chi connectivity index (χ3v) is 4.16. The molecule has 1 aliphatic heterocycles. The summed E-state index contributed by atoms with van der Waals surface area (Å²) < 4.78 is 0. The lowest BCUT2D eigenvalue weighted by Gasteiger charge is -2.32. The van der Waals surface area contributed by atoms with Crippen LogP contribution in [0.15, 0.2) is 24.3 Å². The number of amides is 2. The summed E-state index contributed by atoms with van der Waals surface area (Å²) in [4.78, 5) is 36.8. The van der Waals surface area contributed by atoms with Crippen molar-refractivity contribution in [1.82, 2.24) is 10.2 Å². The Hall–Kier alpha value is -2.90. The average molecular weight is 346 g/mol. The zero-order chi connectivity index (χ0) is 18.4. The second-order valence-electron chi connectivity index (χ2n) is 6.02. The fourth-order valence-electron chi connectivity index (χ4n) is 2.79. The quantitative estimate of drug-likeness (QED) is 0.437. The fourth-order valence-corrected chi connectivity index (χ4v) is 2.79. The van der Waals surface area contributed by atoms with Crippen LogP contribution in [0.3, 0.4) is 0 Å². The van der Waals surface area contributed by atoms with Crippen LogP contribution in [0.2, 0.25) is 0 Å². The van der Waals surface area contributed by atoms with Gasteiger partial charge < -0.3 is 21.1 Å². The maximum Gasteiger partial charge on any atom is 0.305 e. The molecular formula is C17H22N4O4. The SMILES string of the molecule is N=C(N)c1ccc(C(=O)N2CCCC(C(=O)NCCC(=O)O)C2)cc1. The van der Waals surface area contributed by atoms with E-state index in [1.165, 1.54) is 0 Å². The topological polar surface area (TPSA) is 137 Å². The third kappa shape index (κ3) is 5.03. The van der Waals surface area contributed by atoms with E-state index in [1.807, 2.05) is 0 Å². The van der Waals surface area contributed by atoms with E-state index in [1.54, 1.807) is 29.2 Å². The predicted octanol–water partition coefficient (Wildman–Crippen LogP) is 0.414. The van der Waals surface area contributed by atoms with Gasteiger partial charge in [-0.1, -0.05) is 12.1 Å². The standard InChI is InChI=1S/C17H22N4O4/c18-15(19)11-3-5-12(6-4-11)17(25)21-9-1-2-13(10-21)16(24)20-8-7-14(22)23/h3-6,13H,1-2,7-10H2,(H3,18,19)(H,20,24)(H,22,23). The van der Waals surface area contributed by atoms with E-state index >= 15 is 0 Å². The van der Waals surface area contributed by atoms with Crippen molar-refractivity contribution in [1.29, 1.82) is 5.41 Å². The van der Waals surface area contributed by atoms with Crippen molar-refractivity contribution in [3.8, 4) is 0 Å². The number of hydrogen-bond donors (Lipinski definition) is 4. The molecule has 0 saturated carbocycles. The summed E-state index contributed by atoms with van der Waals surface area (Å²) in [6.07, 6.45) is 1.27. The number of nitrogens with one attached hydrogen (secondary N) is 2. The first-order valence-corrected chi connectivity index (χ1v) is 8.11. The molecule has 0 bridgehead atoms. The van der Waals surface area contributed by atoms with Gasteiger partial charge >= 0.3 is 5.97 Å². The number of carboxylic acids is 1. The first-order valence-electron chi connectivity index (χ1n) is 8.11. The van der Waals surface area contributed by atoms with Gasteiger partial charge in [-0.2, -0.15) is 0 Å². The number of aliphatic carboxylic acids is 1. The summed E-state index contributed by atoms with van der Waals surface area (Å²) in [5.74, 6) is -1.74. The highest BCUT2D eigenvalue weighted by molar-refractivity contribution is 5.98. The van der Waals surface area contributed by atoms with E-state index in [0.29, 0.717) is 37.1 Å². The number of carbonyl (C=O) groups excluding carboxylic acids is 2. The van der Waals surface area contributed by atoms with Crippen molar-refractivity contribution in [2.75, 3.05) is 19.6 Å². The molecule has 0 aliphatic carbocycles. The van der Waals surface area contributed by atoms with Gasteiger partial charge in [0.05, 0.1) is 12.3 Å². The molecule has 1 atom stereocenters. The molecule has 5 N–H and O–H groups in total. The number of nitrogens with two attached hydrogens (primary N) is 1. The largest absolute Gasteiger partial charge is 0.481 e. The van der Waals surface area contributed by atoms with Crippen molar-refractivity contribution in [2.45, 2.75) is 19.3 Å². The fraction of sp³-hybridized carbons (Fsp3) is 0.412. The molecule has 0 spiro atoms. The zero-order valence-corrected chi connectivity index (χ0v) is 13.8. The van der Waals surface area contributed by atoms with Gasteiger partial charge in [0, 0.05) is 30.8 Å². The number of nitrogens with zero attached hydrogens (tertiary/aromatic N) is 1. The minimum atomic E-state index is -0.963. The minimum absolute atomic E-state index is 0.0601. The van der Waals surface area contributed by atoms with Crippen LogP contribution in [0, 0.1) is 11.3 Å². The van der Waals surface area contributed by atoms with Crippen LogP contribution in [-0.4, -0.2) is 53.3 Å². The van der Waals surface area contributed by atoms with E-state index in [-0.39, 0.29) is 36.5 Å². The molecule has 1 saturated heterocycles. The molecule has 8 heteroatoms. The lowest BCUT2D eigenvalue weighted by molar-refractivity contribution is -0.137. The van der Waals surface area contributed by atoms with Crippen molar-refractivity contribution in [3.63, 3.8) is 0 Å². The van der Waals surface area contributed by atoms with E-state index in [2.05, 4.69) is 5.32 Å². The highest BCUT2D eigenvalue weighted by Crippen LogP contribution is 2.19. The van der Waals surface area contributed by atoms with E-state index < -0.39 is 5.97 Å². The Labute approximate surface area is 145 Å². The van der Waals surface area contributed by atoms with Crippen LogP contribution in [0.1, 0.15) is 35.2 Å². The van der Waals surface area contributed by atoms with Gasteiger partial charge in [-0.3, -0.25) is 19.8 Å².